The zero-order chi connectivity index (χ0) is 21.4. The number of benzene rings is 2. The lowest BCUT2D eigenvalue weighted by Gasteiger charge is -2.37. The lowest BCUT2D eigenvalue weighted by Crippen LogP contribution is -2.47. The molecule has 158 valence electrons. The number of hydrogen-bond acceptors (Lipinski definition) is 3. The smallest absolute Gasteiger partial charge is 0.255 e. The fourth-order valence-electron chi connectivity index (χ4n) is 4.36. The fraction of sp³-hybridized carbons (Fsp3) is 0.280. The summed E-state index contributed by atoms with van der Waals surface area (Å²) < 4.78 is 0.765. The minimum absolute atomic E-state index is 0.0120. The van der Waals surface area contributed by atoms with Gasteiger partial charge in [0.15, 0.2) is 0 Å². The van der Waals surface area contributed by atoms with Crippen molar-refractivity contribution >= 4 is 39.1 Å². The molecule has 0 N–H and O–H groups in total. The number of nitrogens with zero attached hydrogens (tertiary/aromatic N) is 2. The molecule has 2 amide bonds. The molecule has 0 radical (unpaired) electrons. The average molecular weight is 495 g/mol. The third-order valence-corrected chi connectivity index (χ3v) is 7.75. The summed E-state index contributed by atoms with van der Waals surface area (Å²) in [6.07, 6.45) is 2.78. The number of hydrogen-bond donors (Lipinski definition) is 0. The molecule has 31 heavy (non-hydrogen) atoms. The summed E-state index contributed by atoms with van der Waals surface area (Å²) in [5.74, 6) is -0.0641. The van der Waals surface area contributed by atoms with Crippen LogP contribution in [0.1, 0.15) is 45.2 Å². The van der Waals surface area contributed by atoms with Gasteiger partial charge in [0.1, 0.15) is 6.54 Å². The second-order valence-electron chi connectivity index (χ2n) is 8.09. The zero-order valence-electron chi connectivity index (χ0n) is 17.0. The van der Waals surface area contributed by atoms with Crippen molar-refractivity contribution in [1.82, 2.24) is 9.80 Å². The molecule has 4 nitrogen and oxygen atoms in total. The Labute approximate surface area is 194 Å². The molecule has 3 aromatic rings. The van der Waals surface area contributed by atoms with Crippen LogP contribution in [0, 0.1) is 0 Å². The Morgan fingerprint density at radius 2 is 1.77 bits per heavy atom. The van der Waals surface area contributed by atoms with Gasteiger partial charge < -0.3 is 9.80 Å². The number of amides is 2. The van der Waals surface area contributed by atoms with Gasteiger partial charge in [0.05, 0.1) is 11.6 Å². The largest absolute Gasteiger partial charge is 0.330 e. The second kappa shape index (κ2) is 8.60. The van der Waals surface area contributed by atoms with E-state index in [2.05, 4.69) is 39.5 Å². The molecule has 1 atom stereocenters. The summed E-state index contributed by atoms with van der Waals surface area (Å²) in [7, 11) is 0. The summed E-state index contributed by atoms with van der Waals surface area (Å²) >= 11 is 5.25. The first-order valence-corrected chi connectivity index (χ1v) is 12.3. The predicted octanol–water partition coefficient (Wildman–Crippen LogP) is 5.29. The third kappa shape index (κ3) is 4.06. The van der Waals surface area contributed by atoms with Crippen molar-refractivity contribution in [3.05, 3.63) is 92.1 Å². The van der Waals surface area contributed by atoms with Gasteiger partial charge in [0.2, 0.25) is 5.91 Å². The van der Waals surface area contributed by atoms with E-state index in [-0.39, 0.29) is 30.4 Å². The highest BCUT2D eigenvalue weighted by Gasteiger charge is 2.38. The van der Waals surface area contributed by atoms with Crippen LogP contribution >= 0.6 is 27.3 Å². The number of rotatable bonds is 5. The van der Waals surface area contributed by atoms with Crippen molar-refractivity contribution in [3.8, 4) is 0 Å². The number of halogens is 1. The number of fused-ring (bicyclic) bond motifs is 1. The molecule has 1 aliphatic heterocycles. The molecular formula is C25H23BrN2O2S. The molecule has 1 saturated carbocycles. The number of carbonyl (C=O) groups is 2. The van der Waals surface area contributed by atoms with Crippen LogP contribution in [0.25, 0.3) is 0 Å². The summed E-state index contributed by atoms with van der Waals surface area (Å²) in [5.41, 5.74) is 2.94. The lowest BCUT2D eigenvalue weighted by molar-refractivity contribution is -0.134. The lowest BCUT2D eigenvalue weighted by atomic mass is 9.93. The van der Waals surface area contributed by atoms with E-state index in [1.165, 1.54) is 10.4 Å². The van der Waals surface area contributed by atoms with E-state index in [1.54, 1.807) is 16.2 Å². The first-order valence-electron chi connectivity index (χ1n) is 10.6. The van der Waals surface area contributed by atoms with Crippen molar-refractivity contribution in [3.63, 3.8) is 0 Å². The van der Waals surface area contributed by atoms with Crippen LogP contribution in [0.5, 0.6) is 0 Å². The first kappa shape index (κ1) is 20.5. The Balaban J connectivity index is 1.43. The fourth-order valence-corrected chi connectivity index (χ4v) is 5.72. The molecule has 0 spiro atoms. The van der Waals surface area contributed by atoms with Crippen LogP contribution < -0.4 is 0 Å². The zero-order valence-corrected chi connectivity index (χ0v) is 19.4. The molecule has 5 rings (SSSR count). The molecule has 1 fully saturated rings. The van der Waals surface area contributed by atoms with Gasteiger partial charge in [-0.05, 0) is 69.9 Å². The van der Waals surface area contributed by atoms with E-state index in [9.17, 15) is 9.59 Å². The maximum atomic E-state index is 13.6. The minimum atomic E-state index is -0.0942. The van der Waals surface area contributed by atoms with Gasteiger partial charge in [-0.3, -0.25) is 9.59 Å². The average Bonchev–Trinajstić information content (AvgIpc) is 3.53. The van der Waals surface area contributed by atoms with Crippen molar-refractivity contribution < 1.29 is 9.59 Å². The highest BCUT2D eigenvalue weighted by atomic mass is 79.9. The van der Waals surface area contributed by atoms with Crippen LogP contribution in [-0.4, -0.2) is 40.7 Å². The standard InChI is InChI=1S/C25H23BrN2O2S/c26-21-9-5-4-8-19(21)25(30)28(18-10-11-18)16-23(29)27-14-12-22-20(13-15-31-22)24(27)17-6-2-1-3-7-17/h1-9,13,15,18,24H,10-12,14,16H2. The number of thiophene rings is 1. The van der Waals surface area contributed by atoms with Gasteiger partial charge in [0, 0.05) is 21.9 Å². The van der Waals surface area contributed by atoms with Crippen LogP contribution in [0.2, 0.25) is 0 Å². The first-order chi connectivity index (χ1) is 15.1. The predicted molar refractivity (Wildman–Crippen MR) is 126 cm³/mol. The summed E-state index contributed by atoms with van der Waals surface area (Å²) in [6.45, 7) is 0.793. The van der Waals surface area contributed by atoms with Gasteiger partial charge >= 0.3 is 0 Å². The van der Waals surface area contributed by atoms with Gasteiger partial charge in [-0.2, -0.15) is 0 Å². The molecule has 1 unspecified atom stereocenters. The SMILES string of the molecule is O=C(c1ccccc1Br)N(CC(=O)N1CCc2sccc2C1c1ccccc1)C1CC1. The molecule has 2 aromatic carbocycles. The molecule has 2 aliphatic rings. The van der Waals surface area contributed by atoms with Crippen LogP contribution in [0.4, 0.5) is 0 Å². The molecule has 1 aromatic heterocycles. The molecule has 1 aliphatic carbocycles. The van der Waals surface area contributed by atoms with E-state index in [0.29, 0.717) is 12.1 Å². The Morgan fingerprint density at radius 1 is 1.03 bits per heavy atom. The van der Waals surface area contributed by atoms with Gasteiger partial charge in [-0.25, -0.2) is 0 Å². The van der Waals surface area contributed by atoms with E-state index in [1.807, 2.05) is 47.4 Å². The van der Waals surface area contributed by atoms with Crippen molar-refractivity contribution in [2.45, 2.75) is 31.3 Å². The maximum absolute atomic E-state index is 13.6. The van der Waals surface area contributed by atoms with E-state index in [0.717, 1.165) is 29.3 Å². The highest BCUT2D eigenvalue weighted by molar-refractivity contribution is 9.10. The van der Waals surface area contributed by atoms with Crippen molar-refractivity contribution in [2.24, 2.45) is 0 Å². The second-order valence-corrected chi connectivity index (χ2v) is 9.95. The quantitative estimate of drug-likeness (QED) is 0.483. The van der Waals surface area contributed by atoms with Gasteiger partial charge in [-0.15, -0.1) is 11.3 Å². The Kier molecular flexibility index (Phi) is 5.67. The summed E-state index contributed by atoms with van der Waals surface area (Å²) in [5, 5.41) is 2.11. The number of carbonyl (C=O) groups excluding carboxylic acids is 2. The van der Waals surface area contributed by atoms with Gasteiger partial charge in [-0.1, -0.05) is 42.5 Å². The molecular weight excluding hydrogens is 472 g/mol. The summed E-state index contributed by atoms with van der Waals surface area (Å²) in [4.78, 5) is 32.0. The Hall–Kier alpha value is -2.44. The van der Waals surface area contributed by atoms with E-state index in [4.69, 9.17) is 0 Å². The minimum Gasteiger partial charge on any atom is -0.330 e. The van der Waals surface area contributed by atoms with Crippen molar-refractivity contribution in [1.29, 1.82) is 0 Å². The topological polar surface area (TPSA) is 40.6 Å². The molecule has 6 heteroatoms. The summed E-state index contributed by atoms with van der Waals surface area (Å²) in [6, 6.07) is 19.8. The van der Waals surface area contributed by atoms with Crippen LogP contribution in [0.15, 0.2) is 70.5 Å². The molecule has 0 bridgehead atoms. The van der Waals surface area contributed by atoms with E-state index < -0.39 is 0 Å². The van der Waals surface area contributed by atoms with E-state index >= 15 is 0 Å². The van der Waals surface area contributed by atoms with Crippen LogP contribution in [-0.2, 0) is 11.2 Å². The normalized spacial score (nSPS) is 17.8. The Bertz CT molecular complexity index is 1110. The van der Waals surface area contributed by atoms with Gasteiger partial charge in [0.25, 0.3) is 5.91 Å². The van der Waals surface area contributed by atoms with Crippen LogP contribution in [0.3, 0.4) is 0 Å². The Morgan fingerprint density at radius 3 is 2.52 bits per heavy atom. The molecule has 0 saturated heterocycles. The monoisotopic (exact) mass is 494 g/mol. The molecule has 2 heterocycles. The van der Waals surface area contributed by atoms with Crippen molar-refractivity contribution in [2.75, 3.05) is 13.1 Å². The third-order valence-electron chi connectivity index (χ3n) is 6.06. The maximum Gasteiger partial charge on any atom is 0.255 e. The highest BCUT2D eigenvalue weighted by Crippen LogP contribution is 2.38.